The molecule has 1 aromatic rings. The van der Waals surface area contributed by atoms with Crippen LogP contribution in [0.1, 0.15) is 13.3 Å². The lowest BCUT2D eigenvalue weighted by Gasteiger charge is -2.31. The van der Waals surface area contributed by atoms with Crippen molar-refractivity contribution >= 4 is 29.2 Å². The van der Waals surface area contributed by atoms with Crippen molar-refractivity contribution in [3.63, 3.8) is 0 Å². The molecule has 1 aromatic carbocycles. The summed E-state index contributed by atoms with van der Waals surface area (Å²) in [7, 11) is 2.48. The number of anilines is 1. The molecule has 0 N–H and O–H groups in total. The van der Waals surface area contributed by atoms with E-state index in [4.69, 9.17) is 30.5 Å². The van der Waals surface area contributed by atoms with E-state index < -0.39 is 11.9 Å². The van der Waals surface area contributed by atoms with Gasteiger partial charge in [0.2, 0.25) is 0 Å². The van der Waals surface area contributed by atoms with Gasteiger partial charge >= 0.3 is 11.9 Å². The maximum absolute atomic E-state index is 12.2. The molecule has 0 bridgehead atoms. The standard InChI is InChI=1S/C17H20ClNO6/c1-4-7-25-14-6-5-11(8-13(14)18)19-10-24-9-12(16(20)22-2)15(19)17(21)23-3/h5-6,8H,4,7,9-10H2,1-3H3. The van der Waals surface area contributed by atoms with Crippen molar-refractivity contribution in [3.05, 3.63) is 34.5 Å². The number of esters is 2. The molecule has 25 heavy (non-hydrogen) atoms. The molecule has 1 aliphatic rings. The highest BCUT2D eigenvalue weighted by Crippen LogP contribution is 2.33. The van der Waals surface area contributed by atoms with Crippen LogP contribution in [-0.4, -0.2) is 46.1 Å². The van der Waals surface area contributed by atoms with Gasteiger partial charge in [0.05, 0.1) is 38.0 Å². The average molecular weight is 370 g/mol. The molecular formula is C17H20ClNO6. The Morgan fingerprint density at radius 3 is 2.56 bits per heavy atom. The third-order valence-electron chi connectivity index (χ3n) is 3.52. The molecule has 1 heterocycles. The van der Waals surface area contributed by atoms with E-state index in [0.29, 0.717) is 23.1 Å². The SMILES string of the molecule is CCCOc1ccc(N2COCC(C(=O)OC)=C2C(=O)OC)cc1Cl. The lowest BCUT2D eigenvalue weighted by Crippen LogP contribution is -2.38. The quantitative estimate of drug-likeness (QED) is 0.713. The smallest absolute Gasteiger partial charge is 0.355 e. The minimum Gasteiger partial charge on any atom is -0.492 e. The number of carbonyl (C=O) groups excluding carboxylic acids is 2. The van der Waals surface area contributed by atoms with Crippen LogP contribution in [0.3, 0.4) is 0 Å². The summed E-state index contributed by atoms with van der Waals surface area (Å²) >= 11 is 6.26. The van der Waals surface area contributed by atoms with Crippen molar-refractivity contribution < 1.29 is 28.5 Å². The van der Waals surface area contributed by atoms with Gasteiger partial charge in [-0.15, -0.1) is 0 Å². The highest BCUT2D eigenvalue weighted by Gasteiger charge is 2.32. The van der Waals surface area contributed by atoms with Gasteiger partial charge in [-0.2, -0.15) is 0 Å². The summed E-state index contributed by atoms with van der Waals surface area (Å²) in [5.41, 5.74) is 0.720. The molecule has 0 amide bonds. The summed E-state index contributed by atoms with van der Waals surface area (Å²) in [6.07, 6.45) is 0.857. The second-order valence-electron chi connectivity index (χ2n) is 5.18. The van der Waals surface area contributed by atoms with E-state index in [1.54, 1.807) is 18.2 Å². The summed E-state index contributed by atoms with van der Waals surface area (Å²) in [5.74, 6) is -0.771. The highest BCUT2D eigenvalue weighted by molar-refractivity contribution is 6.32. The average Bonchev–Trinajstić information content (AvgIpc) is 2.65. The number of hydrogen-bond acceptors (Lipinski definition) is 7. The van der Waals surface area contributed by atoms with Crippen molar-refractivity contribution in [2.75, 3.05) is 39.1 Å². The first-order valence-corrected chi connectivity index (χ1v) is 8.08. The topological polar surface area (TPSA) is 74.3 Å². The second-order valence-corrected chi connectivity index (χ2v) is 5.59. The van der Waals surface area contributed by atoms with Crippen molar-refractivity contribution in [2.24, 2.45) is 0 Å². The van der Waals surface area contributed by atoms with E-state index in [0.717, 1.165) is 6.42 Å². The van der Waals surface area contributed by atoms with E-state index in [2.05, 4.69) is 0 Å². The summed E-state index contributed by atoms with van der Waals surface area (Å²) < 4.78 is 20.5. The van der Waals surface area contributed by atoms with Crippen molar-refractivity contribution in [1.82, 2.24) is 0 Å². The summed E-state index contributed by atoms with van der Waals surface area (Å²) in [6, 6.07) is 5.07. The van der Waals surface area contributed by atoms with E-state index in [1.165, 1.54) is 19.1 Å². The van der Waals surface area contributed by atoms with Crippen LogP contribution in [0.4, 0.5) is 5.69 Å². The highest BCUT2D eigenvalue weighted by atomic mass is 35.5. The molecule has 0 spiro atoms. The molecule has 0 unspecified atom stereocenters. The zero-order valence-electron chi connectivity index (χ0n) is 14.3. The molecule has 0 fully saturated rings. The summed E-state index contributed by atoms with van der Waals surface area (Å²) in [4.78, 5) is 25.7. The van der Waals surface area contributed by atoms with E-state index in [1.807, 2.05) is 6.92 Å². The second kappa shape index (κ2) is 8.73. The fourth-order valence-corrected chi connectivity index (χ4v) is 2.56. The first-order chi connectivity index (χ1) is 12.0. The number of nitrogens with zero attached hydrogens (tertiary/aromatic N) is 1. The van der Waals surface area contributed by atoms with Gasteiger partial charge in [-0.05, 0) is 24.6 Å². The Morgan fingerprint density at radius 1 is 1.24 bits per heavy atom. The Labute approximate surface area is 151 Å². The van der Waals surface area contributed by atoms with Crippen LogP contribution >= 0.6 is 11.6 Å². The maximum Gasteiger partial charge on any atom is 0.355 e. The van der Waals surface area contributed by atoms with Crippen LogP contribution in [0.15, 0.2) is 29.5 Å². The number of ether oxygens (including phenoxy) is 4. The van der Waals surface area contributed by atoms with Crippen LogP contribution in [0.5, 0.6) is 5.75 Å². The summed E-state index contributed by atoms with van der Waals surface area (Å²) in [5, 5.41) is 0.389. The minimum absolute atomic E-state index is 0.0426. The van der Waals surface area contributed by atoms with E-state index >= 15 is 0 Å². The first kappa shape index (κ1) is 19.1. The van der Waals surface area contributed by atoms with Crippen molar-refractivity contribution in [1.29, 1.82) is 0 Å². The fourth-order valence-electron chi connectivity index (χ4n) is 2.33. The predicted octanol–water partition coefficient (Wildman–Crippen LogP) is 2.52. The molecule has 0 atom stereocenters. The van der Waals surface area contributed by atoms with Gasteiger partial charge in [-0.3, -0.25) is 0 Å². The van der Waals surface area contributed by atoms with Crippen molar-refractivity contribution in [2.45, 2.75) is 13.3 Å². The van der Waals surface area contributed by atoms with E-state index in [-0.39, 0.29) is 24.6 Å². The molecule has 136 valence electrons. The largest absolute Gasteiger partial charge is 0.492 e. The van der Waals surface area contributed by atoms with Crippen LogP contribution in [-0.2, 0) is 23.8 Å². The lowest BCUT2D eigenvalue weighted by atomic mass is 10.1. The summed E-state index contributed by atoms with van der Waals surface area (Å²) in [6.45, 7) is 2.57. The zero-order valence-corrected chi connectivity index (χ0v) is 15.1. The molecular weight excluding hydrogens is 350 g/mol. The number of methoxy groups -OCH3 is 2. The van der Waals surface area contributed by atoms with Crippen molar-refractivity contribution in [3.8, 4) is 5.75 Å². The molecule has 0 aromatic heterocycles. The first-order valence-electron chi connectivity index (χ1n) is 7.70. The lowest BCUT2D eigenvalue weighted by molar-refractivity contribution is -0.140. The van der Waals surface area contributed by atoms with Crippen LogP contribution in [0.25, 0.3) is 0 Å². The third kappa shape index (κ3) is 4.24. The molecule has 0 saturated heterocycles. The number of benzene rings is 1. The Hall–Kier alpha value is -2.25. The van der Waals surface area contributed by atoms with Gasteiger partial charge in [0.25, 0.3) is 0 Å². The molecule has 0 aliphatic carbocycles. The van der Waals surface area contributed by atoms with Crippen LogP contribution < -0.4 is 9.64 Å². The number of rotatable bonds is 6. The monoisotopic (exact) mass is 369 g/mol. The molecule has 2 rings (SSSR count). The van der Waals surface area contributed by atoms with Gasteiger partial charge in [0.15, 0.2) is 0 Å². The number of hydrogen-bond donors (Lipinski definition) is 0. The Morgan fingerprint density at radius 2 is 1.96 bits per heavy atom. The molecule has 1 aliphatic heterocycles. The molecule has 7 nitrogen and oxygen atoms in total. The fraction of sp³-hybridized carbons (Fsp3) is 0.412. The predicted molar refractivity (Wildman–Crippen MR) is 91.6 cm³/mol. The minimum atomic E-state index is -0.661. The van der Waals surface area contributed by atoms with Gasteiger partial charge in [-0.1, -0.05) is 18.5 Å². The normalized spacial score (nSPS) is 14.3. The van der Waals surface area contributed by atoms with Crippen LogP contribution in [0.2, 0.25) is 5.02 Å². The molecule has 0 radical (unpaired) electrons. The van der Waals surface area contributed by atoms with Gasteiger partial charge < -0.3 is 23.8 Å². The van der Waals surface area contributed by atoms with E-state index in [9.17, 15) is 9.59 Å². The number of halogens is 1. The maximum atomic E-state index is 12.2. The molecule has 8 heteroatoms. The third-order valence-corrected chi connectivity index (χ3v) is 3.82. The Balaban J connectivity index is 2.43. The zero-order chi connectivity index (χ0) is 18.4. The Bertz CT molecular complexity index is 688. The van der Waals surface area contributed by atoms with Gasteiger partial charge in [-0.25, -0.2) is 9.59 Å². The number of carbonyl (C=O) groups is 2. The van der Waals surface area contributed by atoms with Crippen LogP contribution in [0, 0.1) is 0 Å². The Kier molecular flexibility index (Phi) is 6.66. The van der Waals surface area contributed by atoms with Gasteiger partial charge in [0.1, 0.15) is 18.2 Å². The van der Waals surface area contributed by atoms with Gasteiger partial charge in [0, 0.05) is 5.69 Å². The molecule has 0 saturated carbocycles.